The van der Waals surface area contributed by atoms with Crippen LogP contribution in [-0.4, -0.2) is 53.0 Å². The molecule has 170 valence electrons. The first-order valence-electron chi connectivity index (χ1n) is 10.7. The first-order chi connectivity index (χ1) is 16.0. The van der Waals surface area contributed by atoms with Gasteiger partial charge in [0.2, 0.25) is 0 Å². The zero-order valence-electron chi connectivity index (χ0n) is 18.3. The third kappa shape index (κ3) is 3.86. The summed E-state index contributed by atoms with van der Waals surface area (Å²) < 4.78 is 7.98. The van der Waals surface area contributed by atoms with E-state index in [-0.39, 0.29) is 24.5 Å². The maximum absolute atomic E-state index is 13.0. The minimum absolute atomic E-state index is 0.0183. The number of aromatic nitrogens is 1. The van der Waals surface area contributed by atoms with E-state index in [0.717, 1.165) is 32.5 Å². The number of nitrogens with one attached hydrogen (secondary N) is 1. The third-order valence-corrected chi connectivity index (χ3v) is 8.15. The van der Waals surface area contributed by atoms with Crippen molar-refractivity contribution in [3.05, 3.63) is 51.8 Å². The lowest BCUT2D eigenvalue weighted by molar-refractivity contribution is 0.0682. The summed E-state index contributed by atoms with van der Waals surface area (Å²) in [6.45, 7) is 2.58. The Bertz CT molecular complexity index is 1380. The van der Waals surface area contributed by atoms with Gasteiger partial charge in [0.25, 0.3) is 11.8 Å². The van der Waals surface area contributed by atoms with Gasteiger partial charge in [0.15, 0.2) is 0 Å². The first-order valence-corrected chi connectivity index (χ1v) is 12.4. The highest BCUT2D eigenvalue weighted by Crippen LogP contribution is 2.38. The average molecular weight is 482 g/mol. The van der Waals surface area contributed by atoms with Crippen molar-refractivity contribution >= 4 is 54.8 Å². The molecule has 7 nitrogen and oxygen atoms in total. The summed E-state index contributed by atoms with van der Waals surface area (Å²) in [5.74, 6) is 1.11. The number of hydrogen-bond acceptors (Lipinski definition) is 7. The van der Waals surface area contributed by atoms with Crippen molar-refractivity contribution in [1.82, 2.24) is 15.2 Å². The van der Waals surface area contributed by atoms with Gasteiger partial charge in [-0.3, -0.25) is 14.6 Å². The maximum Gasteiger partial charge on any atom is 0.264 e. The molecular formula is C24H23N3O4S2. The van der Waals surface area contributed by atoms with Crippen LogP contribution in [0.1, 0.15) is 37.7 Å². The number of aliphatic hydroxyl groups excluding tert-OH is 1. The predicted octanol–water partition coefficient (Wildman–Crippen LogP) is 4.57. The Balaban J connectivity index is 1.46. The minimum atomic E-state index is -0.118. The monoisotopic (exact) mass is 481 g/mol. The summed E-state index contributed by atoms with van der Waals surface area (Å²) in [5.41, 5.74) is 1.40. The van der Waals surface area contributed by atoms with E-state index in [1.54, 1.807) is 41.6 Å². The SMILES string of the molecule is CNC(=O)c1c(C)sc2cc(Oc3ccnc4cc(C(=O)N5CCCC5CO)sc34)ccc12. The van der Waals surface area contributed by atoms with E-state index >= 15 is 0 Å². The Kier molecular flexibility index (Phi) is 5.77. The summed E-state index contributed by atoms with van der Waals surface area (Å²) in [6, 6.07) is 9.16. The number of hydrogen-bond donors (Lipinski definition) is 2. The van der Waals surface area contributed by atoms with Crippen LogP contribution in [0.15, 0.2) is 36.5 Å². The molecule has 5 rings (SSSR count). The predicted molar refractivity (Wildman–Crippen MR) is 131 cm³/mol. The molecule has 1 atom stereocenters. The van der Waals surface area contributed by atoms with Gasteiger partial charge in [0.1, 0.15) is 11.5 Å². The Morgan fingerprint density at radius 1 is 1.27 bits per heavy atom. The van der Waals surface area contributed by atoms with Gasteiger partial charge in [-0.15, -0.1) is 22.7 Å². The van der Waals surface area contributed by atoms with Crippen LogP contribution < -0.4 is 10.1 Å². The van der Waals surface area contributed by atoms with Crippen LogP contribution >= 0.6 is 22.7 Å². The molecule has 9 heteroatoms. The van der Waals surface area contributed by atoms with E-state index in [0.29, 0.717) is 34.0 Å². The van der Waals surface area contributed by atoms with Gasteiger partial charge >= 0.3 is 0 Å². The lowest BCUT2D eigenvalue weighted by Crippen LogP contribution is -2.37. The number of thiophene rings is 2. The number of rotatable bonds is 5. The van der Waals surface area contributed by atoms with Crippen LogP contribution in [0.4, 0.5) is 0 Å². The van der Waals surface area contributed by atoms with Crippen LogP contribution in [-0.2, 0) is 0 Å². The molecular weight excluding hydrogens is 458 g/mol. The van der Waals surface area contributed by atoms with Gasteiger partial charge in [-0.2, -0.15) is 0 Å². The molecule has 1 fully saturated rings. The maximum atomic E-state index is 13.0. The molecule has 1 unspecified atom stereocenters. The summed E-state index contributed by atoms with van der Waals surface area (Å²) in [5, 5.41) is 13.2. The largest absolute Gasteiger partial charge is 0.456 e. The molecule has 1 aliphatic rings. The summed E-state index contributed by atoms with van der Waals surface area (Å²) in [4.78, 5) is 33.0. The number of fused-ring (bicyclic) bond motifs is 2. The van der Waals surface area contributed by atoms with Crippen LogP contribution in [0, 0.1) is 6.92 Å². The molecule has 1 saturated heterocycles. The summed E-state index contributed by atoms with van der Waals surface area (Å²) in [7, 11) is 1.63. The Morgan fingerprint density at radius 3 is 2.91 bits per heavy atom. The molecule has 1 aliphatic heterocycles. The van der Waals surface area contributed by atoms with E-state index in [1.165, 1.54) is 11.3 Å². The zero-order chi connectivity index (χ0) is 23.1. The van der Waals surface area contributed by atoms with Crippen molar-refractivity contribution < 1.29 is 19.4 Å². The minimum Gasteiger partial charge on any atom is -0.456 e. The highest BCUT2D eigenvalue weighted by Gasteiger charge is 2.30. The quantitative estimate of drug-likeness (QED) is 0.436. The molecule has 2 N–H and O–H groups in total. The number of pyridine rings is 1. The fourth-order valence-electron chi connectivity index (χ4n) is 4.33. The van der Waals surface area contributed by atoms with Gasteiger partial charge in [0.05, 0.1) is 33.3 Å². The molecule has 0 saturated carbocycles. The summed E-state index contributed by atoms with van der Waals surface area (Å²) >= 11 is 2.91. The average Bonchev–Trinajstić information content (AvgIpc) is 3.54. The lowest BCUT2D eigenvalue weighted by Gasteiger charge is -2.22. The van der Waals surface area contributed by atoms with Gasteiger partial charge in [-0.25, -0.2) is 0 Å². The number of nitrogens with zero attached hydrogens (tertiary/aromatic N) is 2. The third-order valence-electron chi connectivity index (χ3n) is 5.95. The van der Waals surface area contributed by atoms with Gasteiger partial charge in [-0.05, 0) is 44.0 Å². The molecule has 0 aliphatic carbocycles. The number of aryl methyl sites for hydroxylation is 1. The van der Waals surface area contributed by atoms with Crippen molar-refractivity contribution in [3.63, 3.8) is 0 Å². The van der Waals surface area contributed by atoms with Crippen LogP contribution in [0.3, 0.4) is 0 Å². The van der Waals surface area contributed by atoms with Crippen LogP contribution in [0.2, 0.25) is 0 Å². The second kappa shape index (κ2) is 8.74. The van der Waals surface area contributed by atoms with Crippen LogP contribution in [0.25, 0.3) is 20.3 Å². The number of carbonyl (C=O) groups excluding carboxylic acids is 2. The van der Waals surface area contributed by atoms with Gasteiger partial charge < -0.3 is 20.1 Å². The number of likely N-dealkylation sites (tertiary alicyclic amines) is 1. The first kappa shape index (κ1) is 21.8. The number of aliphatic hydroxyl groups is 1. The molecule has 0 bridgehead atoms. The second-order valence-electron chi connectivity index (χ2n) is 7.98. The number of amides is 2. The topological polar surface area (TPSA) is 91.8 Å². The molecule has 33 heavy (non-hydrogen) atoms. The van der Waals surface area contributed by atoms with Gasteiger partial charge in [0, 0.05) is 40.8 Å². The molecule has 0 spiro atoms. The molecule has 4 heterocycles. The van der Waals surface area contributed by atoms with E-state index in [9.17, 15) is 14.7 Å². The molecule has 1 aromatic carbocycles. The smallest absolute Gasteiger partial charge is 0.264 e. The second-order valence-corrected chi connectivity index (χ2v) is 10.3. The number of benzene rings is 1. The van der Waals surface area contributed by atoms with Crippen LogP contribution in [0.5, 0.6) is 11.5 Å². The molecule has 4 aromatic rings. The molecule has 3 aromatic heterocycles. The van der Waals surface area contributed by atoms with E-state index in [2.05, 4.69) is 10.3 Å². The summed E-state index contributed by atoms with van der Waals surface area (Å²) in [6.07, 6.45) is 3.40. The highest BCUT2D eigenvalue weighted by atomic mass is 32.1. The molecule has 2 amide bonds. The fraction of sp³-hybridized carbons (Fsp3) is 0.292. The number of ether oxygens (including phenoxy) is 1. The molecule has 0 radical (unpaired) electrons. The van der Waals surface area contributed by atoms with E-state index in [4.69, 9.17) is 4.74 Å². The fourth-order valence-corrected chi connectivity index (χ4v) is 6.44. The zero-order valence-corrected chi connectivity index (χ0v) is 19.9. The number of carbonyl (C=O) groups is 2. The van der Waals surface area contributed by atoms with Crippen molar-refractivity contribution in [1.29, 1.82) is 0 Å². The standard InChI is InChI=1S/C24H23N3O4S2/c1-13-21(23(29)25-2)16-6-5-15(10-19(16)32-13)31-18-7-8-26-17-11-20(33-22(17)18)24(30)27-9-3-4-14(27)12-28/h5-8,10-11,14,28H,3-4,9,12H2,1-2H3,(H,25,29). The Morgan fingerprint density at radius 2 is 2.12 bits per heavy atom. The lowest BCUT2D eigenvalue weighted by atomic mass is 10.1. The van der Waals surface area contributed by atoms with Crippen molar-refractivity contribution in [2.75, 3.05) is 20.2 Å². The van der Waals surface area contributed by atoms with Gasteiger partial charge in [-0.1, -0.05) is 0 Å². The Hall–Kier alpha value is -3.01. The normalized spacial score (nSPS) is 16.0. The van der Waals surface area contributed by atoms with E-state index < -0.39 is 0 Å². The van der Waals surface area contributed by atoms with E-state index in [1.807, 2.05) is 25.1 Å². The highest BCUT2D eigenvalue weighted by molar-refractivity contribution is 7.21. The van der Waals surface area contributed by atoms with Crippen molar-refractivity contribution in [3.8, 4) is 11.5 Å². The Labute approximate surface area is 198 Å². The van der Waals surface area contributed by atoms with Crippen molar-refractivity contribution in [2.24, 2.45) is 0 Å². The van der Waals surface area contributed by atoms with Crippen molar-refractivity contribution in [2.45, 2.75) is 25.8 Å².